The van der Waals surface area contributed by atoms with Crippen LogP contribution in [0.2, 0.25) is 0 Å². The van der Waals surface area contributed by atoms with Crippen LogP contribution in [0.5, 0.6) is 11.5 Å². The van der Waals surface area contributed by atoms with Crippen molar-refractivity contribution in [2.24, 2.45) is 7.05 Å². The quantitative estimate of drug-likeness (QED) is 0.482. The maximum Gasteiger partial charge on any atom is 0.238 e. The van der Waals surface area contributed by atoms with E-state index in [1.165, 1.54) is 0 Å². The second-order valence-electron chi connectivity index (χ2n) is 7.71. The fraction of sp³-hybridized carbons (Fsp3) is 0.391. The zero-order valence-electron chi connectivity index (χ0n) is 18.1. The minimum Gasteiger partial charge on any atom is -0.493 e. The largest absolute Gasteiger partial charge is 0.493 e. The molecule has 4 rings (SSSR count). The zero-order valence-corrected chi connectivity index (χ0v) is 18.1. The van der Waals surface area contributed by atoms with Gasteiger partial charge < -0.3 is 19.4 Å². The number of carbonyl (C=O) groups is 1. The van der Waals surface area contributed by atoms with Gasteiger partial charge in [-0.2, -0.15) is 0 Å². The van der Waals surface area contributed by atoms with Crippen LogP contribution in [0.1, 0.15) is 30.3 Å². The van der Waals surface area contributed by atoms with Gasteiger partial charge in [0.25, 0.3) is 0 Å². The zero-order chi connectivity index (χ0) is 21.8. The van der Waals surface area contributed by atoms with E-state index in [9.17, 15) is 4.79 Å². The van der Waals surface area contributed by atoms with Crippen LogP contribution in [0.15, 0.2) is 42.5 Å². The first-order chi connectivity index (χ1) is 15.1. The average Bonchev–Trinajstić information content (AvgIpc) is 3.42. The molecule has 1 fully saturated rings. The summed E-state index contributed by atoms with van der Waals surface area (Å²) >= 11 is 0. The summed E-state index contributed by atoms with van der Waals surface area (Å²) in [4.78, 5) is 17.3. The van der Waals surface area contributed by atoms with Gasteiger partial charge in [-0.1, -0.05) is 18.2 Å². The van der Waals surface area contributed by atoms with Gasteiger partial charge in [-0.3, -0.25) is 4.79 Å². The molecule has 3 aromatic rings. The molecule has 2 heterocycles. The first-order valence-corrected chi connectivity index (χ1v) is 10.5. The summed E-state index contributed by atoms with van der Waals surface area (Å²) in [6.07, 6.45) is 2.31. The molecule has 8 nitrogen and oxygen atoms in total. The number of para-hydroxylation sites is 2. The van der Waals surface area contributed by atoms with Crippen molar-refractivity contribution in [3.05, 3.63) is 53.9 Å². The molecule has 1 aliphatic rings. The molecule has 8 heteroatoms. The van der Waals surface area contributed by atoms with Crippen LogP contribution < -0.4 is 25.6 Å². The highest BCUT2D eigenvalue weighted by atomic mass is 16.5. The van der Waals surface area contributed by atoms with Crippen molar-refractivity contribution < 1.29 is 14.3 Å². The van der Waals surface area contributed by atoms with Gasteiger partial charge in [0, 0.05) is 26.1 Å². The number of fused-ring (bicyclic) bond motifs is 1. The number of aryl methyl sites for hydroxylation is 2. The van der Waals surface area contributed by atoms with Crippen molar-refractivity contribution in [2.45, 2.75) is 31.3 Å². The third-order valence-corrected chi connectivity index (χ3v) is 5.79. The topological polar surface area (TPSA) is 89.4 Å². The SMILES string of the molecule is COc1ccc(C2CC(C(=O)NCCCc3nc4ccccc4n3C)NN2)cc1OC. The van der Waals surface area contributed by atoms with E-state index >= 15 is 0 Å². The van der Waals surface area contributed by atoms with Gasteiger partial charge in [-0.25, -0.2) is 15.8 Å². The molecule has 0 spiro atoms. The molecule has 31 heavy (non-hydrogen) atoms. The summed E-state index contributed by atoms with van der Waals surface area (Å²) in [7, 11) is 5.26. The second-order valence-corrected chi connectivity index (χ2v) is 7.71. The first-order valence-electron chi connectivity index (χ1n) is 10.5. The summed E-state index contributed by atoms with van der Waals surface area (Å²) in [5.41, 5.74) is 9.50. The Kier molecular flexibility index (Phi) is 6.39. The van der Waals surface area contributed by atoms with Crippen LogP contribution >= 0.6 is 0 Å². The molecule has 2 unspecified atom stereocenters. The van der Waals surface area contributed by atoms with Crippen molar-refractivity contribution in [3.8, 4) is 11.5 Å². The third kappa shape index (κ3) is 4.50. The van der Waals surface area contributed by atoms with E-state index in [-0.39, 0.29) is 18.0 Å². The van der Waals surface area contributed by atoms with E-state index in [1.807, 2.05) is 43.4 Å². The van der Waals surface area contributed by atoms with Crippen molar-refractivity contribution in [3.63, 3.8) is 0 Å². The molecule has 0 aliphatic carbocycles. The molecule has 0 radical (unpaired) electrons. The minimum absolute atomic E-state index is 0.000443. The third-order valence-electron chi connectivity index (χ3n) is 5.79. The normalized spacial score (nSPS) is 18.3. The van der Waals surface area contributed by atoms with Crippen molar-refractivity contribution in [1.29, 1.82) is 0 Å². The van der Waals surface area contributed by atoms with Gasteiger partial charge in [0.1, 0.15) is 11.9 Å². The first kappa shape index (κ1) is 21.1. The molecule has 164 valence electrons. The van der Waals surface area contributed by atoms with Gasteiger partial charge in [-0.15, -0.1) is 0 Å². The maximum atomic E-state index is 12.6. The van der Waals surface area contributed by atoms with Crippen LogP contribution in [-0.2, 0) is 18.3 Å². The Bertz CT molecular complexity index is 1060. The molecule has 3 N–H and O–H groups in total. The highest BCUT2D eigenvalue weighted by molar-refractivity contribution is 5.82. The Morgan fingerprint density at radius 1 is 1.16 bits per heavy atom. The number of imidazole rings is 1. The average molecular weight is 424 g/mol. The summed E-state index contributed by atoms with van der Waals surface area (Å²) < 4.78 is 12.8. The van der Waals surface area contributed by atoms with Crippen LogP contribution in [0.25, 0.3) is 11.0 Å². The molecule has 0 saturated carbocycles. The molecule has 2 atom stereocenters. The number of hydrogen-bond donors (Lipinski definition) is 3. The van der Waals surface area contributed by atoms with Crippen molar-refractivity contribution in [1.82, 2.24) is 25.7 Å². The van der Waals surface area contributed by atoms with Gasteiger partial charge in [0.05, 0.1) is 25.3 Å². The smallest absolute Gasteiger partial charge is 0.238 e. The number of nitrogens with zero attached hydrogens (tertiary/aromatic N) is 2. The number of hydrazine groups is 1. The molecule has 1 saturated heterocycles. The fourth-order valence-corrected chi connectivity index (χ4v) is 4.02. The lowest BCUT2D eigenvalue weighted by atomic mass is 10.0. The molecule has 0 bridgehead atoms. The molecule has 1 amide bonds. The summed E-state index contributed by atoms with van der Waals surface area (Å²) in [6, 6.07) is 13.7. The number of nitrogens with one attached hydrogen (secondary N) is 3. The number of benzene rings is 2. The number of aromatic nitrogens is 2. The van der Waals surface area contributed by atoms with Crippen LogP contribution in [0, 0.1) is 0 Å². The number of amides is 1. The van der Waals surface area contributed by atoms with E-state index in [1.54, 1.807) is 14.2 Å². The highest BCUT2D eigenvalue weighted by Gasteiger charge is 2.30. The van der Waals surface area contributed by atoms with Crippen LogP contribution in [0.4, 0.5) is 0 Å². The molecule has 1 aromatic heterocycles. The van der Waals surface area contributed by atoms with Crippen molar-refractivity contribution in [2.75, 3.05) is 20.8 Å². The lowest BCUT2D eigenvalue weighted by Gasteiger charge is -2.13. The van der Waals surface area contributed by atoms with E-state index in [2.05, 4.69) is 31.8 Å². The van der Waals surface area contributed by atoms with E-state index in [0.29, 0.717) is 24.5 Å². The molecular formula is C23H29N5O3. The highest BCUT2D eigenvalue weighted by Crippen LogP contribution is 2.32. The molecule has 1 aliphatic heterocycles. The van der Waals surface area contributed by atoms with Crippen LogP contribution in [-0.4, -0.2) is 42.3 Å². The monoisotopic (exact) mass is 423 g/mol. The van der Waals surface area contributed by atoms with E-state index in [4.69, 9.17) is 9.47 Å². The number of carbonyl (C=O) groups excluding carboxylic acids is 1. The number of methoxy groups -OCH3 is 2. The van der Waals surface area contributed by atoms with Gasteiger partial charge >= 0.3 is 0 Å². The van der Waals surface area contributed by atoms with Gasteiger partial charge in [0.2, 0.25) is 5.91 Å². The summed E-state index contributed by atoms with van der Waals surface area (Å²) in [6.45, 7) is 0.612. The Hall–Kier alpha value is -3.10. The fourth-order valence-electron chi connectivity index (χ4n) is 4.02. The predicted octanol–water partition coefficient (Wildman–Crippen LogP) is 2.25. The van der Waals surface area contributed by atoms with Crippen LogP contribution in [0.3, 0.4) is 0 Å². The van der Waals surface area contributed by atoms with E-state index < -0.39 is 0 Å². The summed E-state index contributed by atoms with van der Waals surface area (Å²) in [5.74, 6) is 2.40. The predicted molar refractivity (Wildman–Crippen MR) is 119 cm³/mol. The Balaban J connectivity index is 1.26. The van der Waals surface area contributed by atoms with E-state index in [0.717, 1.165) is 35.3 Å². The standard InChI is InChI=1S/C23H29N5O3/c1-28-19-8-5-4-7-16(19)25-22(28)9-6-12-24-23(29)18-14-17(26-27-18)15-10-11-20(30-2)21(13-15)31-3/h4-5,7-8,10-11,13,17-18,26-27H,6,9,12,14H2,1-3H3,(H,24,29). The number of rotatable bonds is 8. The Morgan fingerprint density at radius 2 is 1.97 bits per heavy atom. The lowest BCUT2D eigenvalue weighted by molar-refractivity contribution is -0.122. The van der Waals surface area contributed by atoms with Gasteiger partial charge in [-0.05, 0) is 42.7 Å². The van der Waals surface area contributed by atoms with Gasteiger partial charge in [0.15, 0.2) is 11.5 Å². The number of ether oxygens (including phenoxy) is 2. The maximum absolute atomic E-state index is 12.6. The van der Waals surface area contributed by atoms with Crippen molar-refractivity contribution >= 4 is 16.9 Å². The number of hydrogen-bond acceptors (Lipinski definition) is 6. The molecule has 2 aromatic carbocycles. The Morgan fingerprint density at radius 3 is 2.74 bits per heavy atom. The Labute approximate surface area is 181 Å². The minimum atomic E-state index is -0.283. The summed E-state index contributed by atoms with van der Waals surface area (Å²) in [5, 5.41) is 3.04. The second kappa shape index (κ2) is 9.36. The molecular weight excluding hydrogens is 394 g/mol. The lowest BCUT2D eigenvalue weighted by Crippen LogP contribution is -2.43.